The summed E-state index contributed by atoms with van der Waals surface area (Å²) in [5.74, 6) is 0.0702. The van der Waals surface area contributed by atoms with Crippen LogP contribution in [0, 0.1) is 0 Å². The van der Waals surface area contributed by atoms with Crippen molar-refractivity contribution in [3.63, 3.8) is 0 Å². The fraction of sp³-hybridized carbons (Fsp3) is 0.208. The molecule has 1 aliphatic rings. The SMILES string of the molecule is O=C(c1cccc2cccnc12)N1CCN(Cc2cccc3cccnc23)CC1. The van der Waals surface area contributed by atoms with Gasteiger partial charge in [0.2, 0.25) is 0 Å². The number of carbonyl (C=O) groups excluding carboxylic acids is 1. The average molecular weight is 382 g/mol. The van der Waals surface area contributed by atoms with Gasteiger partial charge in [-0.25, -0.2) is 0 Å². The minimum Gasteiger partial charge on any atom is -0.336 e. The molecule has 0 saturated carbocycles. The first-order chi connectivity index (χ1) is 14.3. The molecule has 144 valence electrons. The lowest BCUT2D eigenvalue weighted by Gasteiger charge is -2.35. The number of benzene rings is 2. The van der Waals surface area contributed by atoms with E-state index in [0.29, 0.717) is 5.56 Å². The molecule has 29 heavy (non-hydrogen) atoms. The molecule has 0 bridgehead atoms. The number of hydrogen-bond acceptors (Lipinski definition) is 4. The molecular weight excluding hydrogens is 360 g/mol. The summed E-state index contributed by atoms with van der Waals surface area (Å²) in [6, 6.07) is 20.1. The van der Waals surface area contributed by atoms with E-state index in [1.165, 1.54) is 10.9 Å². The van der Waals surface area contributed by atoms with Crippen molar-refractivity contribution in [3.05, 3.63) is 84.2 Å². The van der Waals surface area contributed by atoms with Crippen LogP contribution >= 0.6 is 0 Å². The summed E-state index contributed by atoms with van der Waals surface area (Å²) in [6.07, 6.45) is 3.59. The zero-order valence-electron chi connectivity index (χ0n) is 16.2. The normalized spacial score (nSPS) is 15.1. The minimum absolute atomic E-state index is 0.0702. The van der Waals surface area contributed by atoms with Gasteiger partial charge in [0.15, 0.2) is 0 Å². The van der Waals surface area contributed by atoms with Crippen LogP contribution in [0.4, 0.5) is 0 Å². The molecule has 2 aromatic heterocycles. The van der Waals surface area contributed by atoms with Gasteiger partial charge in [-0.3, -0.25) is 19.7 Å². The van der Waals surface area contributed by atoms with Crippen LogP contribution in [0.15, 0.2) is 73.1 Å². The first-order valence-electron chi connectivity index (χ1n) is 9.97. The fourth-order valence-corrected chi connectivity index (χ4v) is 4.09. The second-order valence-corrected chi connectivity index (χ2v) is 7.44. The smallest absolute Gasteiger partial charge is 0.256 e. The molecule has 1 amide bonds. The van der Waals surface area contributed by atoms with Crippen molar-refractivity contribution in [2.45, 2.75) is 6.54 Å². The summed E-state index contributed by atoms with van der Waals surface area (Å²) in [5, 5.41) is 2.17. The Balaban J connectivity index is 1.29. The molecule has 0 unspecified atom stereocenters. The molecule has 0 aliphatic carbocycles. The van der Waals surface area contributed by atoms with Gasteiger partial charge in [-0.05, 0) is 23.8 Å². The second kappa shape index (κ2) is 7.60. The summed E-state index contributed by atoms with van der Waals surface area (Å²) in [7, 11) is 0. The maximum Gasteiger partial charge on any atom is 0.256 e. The zero-order valence-corrected chi connectivity index (χ0v) is 16.2. The Kier molecular flexibility index (Phi) is 4.66. The monoisotopic (exact) mass is 382 g/mol. The van der Waals surface area contributed by atoms with Gasteiger partial charge in [0.25, 0.3) is 5.91 Å². The fourth-order valence-electron chi connectivity index (χ4n) is 4.09. The number of hydrogen-bond donors (Lipinski definition) is 0. The molecule has 0 radical (unpaired) electrons. The van der Waals surface area contributed by atoms with Crippen molar-refractivity contribution in [1.82, 2.24) is 19.8 Å². The van der Waals surface area contributed by atoms with Crippen molar-refractivity contribution in [2.24, 2.45) is 0 Å². The molecule has 2 aromatic carbocycles. The van der Waals surface area contributed by atoms with Crippen LogP contribution in [-0.4, -0.2) is 51.9 Å². The molecule has 5 nitrogen and oxygen atoms in total. The van der Waals surface area contributed by atoms with E-state index in [4.69, 9.17) is 0 Å². The summed E-state index contributed by atoms with van der Waals surface area (Å²) in [6.45, 7) is 4.01. The molecule has 5 rings (SSSR count). The van der Waals surface area contributed by atoms with Crippen LogP contribution < -0.4 is 0 Å². The third-order valence-corrected chi connectivity index (χ3v) is 5.63. The number of fused-ring (bicyclic) bond motifs is 2. The van der Waals surface area contributed by atoms with Crippen LogP contribution in [0.2, 0.25) is 0 Å². The Morgan fingerprint density at radius 3 is 2.14 bits per heavy atom. The predicted molar refractivity (Wildman–Crippen MR) is 115 cm³/mol. The molecule has 0 spiro atoms. The first kappa shape index (κ1) is 17.8. The Morgan fingerprint density at radius 2 is 1.38 bits per heavy atom. The van der Waals surface area contributed by atoms with Crippen molar-refractivity contribution in [2.75, 3.05) is 26.2 Å². The highest BCUT2D eigenvalue weighted by Crippen LogP contribution is 2.21. The molecule has 3 heterocycles. The molecule has 1 saturated heterocycles. The Bertz CT molecular complexity index is 1170. The van der Waals surface area contributed by atoms with Gasteiger partial charge in [-0.1, -0.05) is 42.5 Å². The molecule has 1 aliphatic heterocycles. The zero-order chi connectivity index (χ0) is 19.6. The van der Waals surface area contributed by atoms with Gasteiger partial charge in [-0.15, -0.1) is 0 Å². The van der Waals surface area contributed by atoms with E-state index in [0.717, 1.165) is 49.1 Å². The van der Waals surface area contributed by atoms with E-state index in [1.807, 2.05) is 47.5 Å². The summed E-state index contributed by atoms with van der Waals surface area (Å²) in [4.78, 5) is 26.4. The maximum atomic E-state index is 13.1. The van der Waals surface area contributed by atoms with E-state index in [2.05, 4.69) is 39.1 Å². The standard InChI is InChI=1S/C24H22N4O/c29-24(21-10-2-6-19-9-4-12-26-23(19)21)28-15-13-27(14-16-28)17-20-7-1-5-18-8-3-11-25-22(18)20/h1-12H,13-17H2. The van der Waals surface area contributed by atoms with E-state index < -0.39 is 0 Å². The van der Waals surface area contributed by atoms with Gasteiger partial charge in [-0.2, -0.15) is 0 Å². The first-order valence-corrected chi connectivity index (χ1v) is 9.97. The minimum atomic E-state index is 0.0702. The highest BCUT2D eigenvalue weighted by atomic mass is 16.2. The number of rotatable bonds is 3. The molecule has 0 atom stereocenters. The summed E-state index contributed by atoms with van der Waals surface area (Å²) in [5.41, 5.74) is 3.77. The van der Waals surface area contributed by atoms with Gasteiger partial charge >= 0.3 is 0 Å². The summed E-state index contributed by atoms with van der Waals surface area (Å²) < 4.78 is 0. The number of piperazine rings is 1. The number of nitrogens with zero attached hydrogens (tertiary/aromatic N) is 4. The number of pyridine rings is 2. The number of aromatic nitrogens is 2. The number of amides is 1. The average Bonchev–Trinajstić information content (AvgIpc) is 2.79. The molecule has 1 fully saturated rings. The van der Waals surface area contributed by atoms with Crippen LogP contribution in [0.5, 0.6) is 0 Å². The highest BCUT2D eigenvalue weighted by molar-refractivity contribution is 6.05. The van der Waals surface area contributed by atoms with Crippen LogP contribution in [0.1, 0.15) is 15.9 Å². The second-order valence-electron chi connectivity index (χ2n) is 7.44. The van der Waals surface area contributed by atoms with Gasteiger partial charge in [0, 0.05) is 55.9 Å². The van der Waals surface area contributed by atoms with Crippen molar-refractivity contribution >= 4 is 27.7 Å². The maximum absolute atomic E-state index is 13.1. The summed E-state index contributed by atoms with van der Waals surface area (Å²) >= 11 is 0. The molecule has 0 N–H and O–H groups in total. The van der Waals surface area contributed by atoms with Crippen molar-refractivity contribution in [3.8, 4) is 0 Å². The topological polar surface area (TPSA) is 49.3 Å². The van der Waals surface area contributed by atoms with Gasteiger partial charge < -0.3 is 4.90 Å². The lowest BCUT2D eigenvalue weighted by atomic mass is 10.1. The van der Waals surface area contributed by atoms with Gasteiger partial charge in [0.05, 0.1) is 16.6 Å². The van der Waals surface area contributed by atoms with E-state index in [9.17, 15) is 4.79 Å². The molecular formula is C24H22N4O. The van der Waals surface area contributed by atoms with Crippen molar-refractivity contribution in [1.29, 1.82) is 0 Å². The van der Waals surface area contributed by atoms with Crippen LogP contribution in [0.25, 0.3) is 21.8 Å². The number of para-hydroxylation sites is 2. The Morgan fingerprint density at radius 1 is 0.759 bits per heavy atom. The van der Waals surface area contributed by atoms with Crippen molar-refractivity contribution < 1.29 is 4.79 Å². The van der Waals surface area contributed by atoms with E-state index >= 15 is 0 Å². The van der Waals surface area contributed by atoms with Crippen LogP contribution in [-0.2, 0) is 6.54 Å². The lowest BCUT2D eigenvalue weighted by Crippen LogP contribution is -2.48. The largest absolute Gasteiger partial charge is 0.336 e. The Labute approximate surface area is 169 Å². The van der Waals surface area contributed by atoms with Crippen LogP contribution in [0.3, 0.4) is 0 Å². The molecule has 5 heteroatoms. The molecule has 4 aromatic rings. The van der Waals surface area contributed by atoms with E-state index in [-0.39, 0.29) is 5.91 Å². The number of carbonyl (C=O) groups is 1. The third kappa shape index (κ3) is 3.45. The Hall–Kier alpha value is -3.31. The quantitative estimate of drug-likeness (QED) is 0.542. The predicted octanol–water partition coefficient (Wildman–Crippen LogP) is 3.74. The highest BCUT2D eigenvalue weighted by Gasteiger charge is 2.24. The lowest BCUT2D eigenvalue weighted by molar-refractivity contribution is 0.0630. The van der Waals surface area contributed by atoms with E-state index in [1.54, 1.807) is 6.20 Å². The third-order valence-electron chi connectivity index (χ3n) is 5.63. The van der Waals surface area contributed by atoms with Gasteiger partial charge in [0.1, 0.15) is 0 Å².